The number of anilines is 1. The van der Waals surface area contributed by atoms with E-state index in [1.165, 1.54) is 12.3 Å². The predicted molar refractivity (Wildman–Crippen MR) is 66.9 cm³/mol. The SMILES string of the molecule is CCCN(CCO)C(=O)c1cc(N)ncc1Cl. The Kier molecular flexibility index (Phi) is 5.18. The first-order chi connectivity index (χ1) is 8.10. The molecule has 5 nitrogen and oxygen atoms in total. The van der Waals surface area contributed by atoms with Crippen LogP contribution in [-0.2, 0) is 0 Å². The van der Waals surface area contributed by atoms with Crippen LogP contribution in [0, 0.1) is 0 Å². The van der Waals surface area contributed by atoms with Gasteiger partial charge in [0.05, 0.1) is 17.2 Å². The Bertz CT molecular complexity index is 392. The van der Waals surface area contributed by atoms with Crippen molar-refractivity contribution >= 4 is 23.3 Å². The van der Waals surface area contributed by atoms with Gasteiger partial charge in [-0.25, -0.2) is 4.98 Å². The minimum Gasteiger partial charge on any atom is -0.395 e. The normalized spacial score (nSPS) is 10.3. The number of aliphatic hydroxyl groups is 1. The first-order valence-corrected chi connectivity index (χ1v) is 5.79. The molecule has 0 saturated carbocycles. The van der Waals surface area contributed by atoms with Crippen molar-refractivity contribution in [2.24, 2.45) is 0 Å². The van der Waals surface area contributed by atoms with E-state index in [2.05, 4.69) is 4.98 Å². The number of hydrogen-bond acceptors (Lipinski definition) is 4. The molecule has 6 heteroatoms. The average Bonchev–Trinajstić information content (AvgIpc) is 2.31. The number of nitrogen functional groups attached to an aromatic ring is 1. The smallest absolute Gasteiger partial charge is 0.255 e. The Morgan fingerprint density at radius 1 is 1.59 bits per heavy atom. The van der Waals surface area contributed by atoms with Crippen LogP contribution in [0.3, 0.4) is 0 Å². The van der Waals surface area contributed by atoms with E-state index in [1.807, 2.05) is 6.92 Å². The van der Waals surface area contributed by atoms with E-state index >= 15 is 0 Å². The van der Waals surface area contributed by atoms with Gasteiger partial charge in [-0.1, -0.05) is 18.5 Å². The highest BCUT2D eigenvalue weighted by Gasteiger charge is 2.18. The van der Waals surface area contributed by atoms with Gasteiger partial charge in [-0.05, 0) is 12.5 Å². The van der Waals surface area contributed by atoms with Crippen LogP contribution in [0.2, 0.25) is 5.02 Å². The number of aromatic nitrogens is 1. The van der Waals surface area contributed by atoms with Gasteiger partial charge in [0.15, 0.2) is 0 Å². The highest BCUT2D eigenvalue weighted by molar-refractivity contribution is 6.33. The van der Waals surface area contributed by atoms with Crippen molar-refractivity contribution in [3.63, 3.8) is 0 Å². The van der Waals surface area contributed by atoms with Crippen molar-refractivity contribution in [1.29, 1.82) is 0 Å². The van der Waals surface area contributed by atoms with Gasteiger partial charge in [0.2, 0.25) is 0 Å². The van der Waals surface area contributed by atoms with Gasteiger partial charge in [0.25, 0.3) is 5.91 Å². The van der Waals surface area contributed by atoms with Crippen LogP contribution in [0.4, 0.5) is 5.82 Å². The largest absolute Gasteiger partial charge is 0.395 e. The zero-order chi connectivity index (χ0) is 12.8. The number of nitrogens with two attached hydrogens (primary N) is 1. The molecule has 1 heterocycles. The molecular weight excluding hydrogens is 242 g/mol. The second-order valence-electron chi connectivity index (χ2n) is 3.60. The van der Waals surface area contributed by atoms with Crippen molar-refractivity contribution in [3.8, 4) is 0 Å². The fourth-order valence-electron chi connectivity index (χ4n) is 1.49. The van der Waals surface area contributed by atoms with E-state index < -0.39 is 0 Å². The third kappa shape index (κ3) is 3.57. The molecule has 0 bridgehead atoms. The summed E-state index contributed by atoms with van der Waals surface area (Å²) in [5, 5.41) is 9.19. The summed E-state index contributed by atoms with van der Waals surface area (Å²) in [6.45, 7) is 2.73. The van der Waals surface area contributed by atoms with Crippen LogP contribution in [0.25, 0.3) is 0 Å². The fourth-order valence-corrected chi connectivity index (χ4v) is 1.68. The van der Waals surface area contributed by atoms with Gasteiger partial charge in [0, 0.05) is 19.3 Å². The molecule has 0 radical (unpaired) electrons. The molecular formula is C11H16ClN3O2. The van der Waals surface area contributed by atoms with Crippen LogP contribution in [0.15, 0.2) is 12.3 Å². The second kappa shape index (κ2) is 6.42. The molecule has 94 valence electrons. The lowest BCUT2D eigenvalue weighted by Gasteiger charge is -2.21. The van der Waals surface area contributed by atoms with Crippen LogP contribution in [-0.4, -0.2) is 40.6 Å². The molecule has 3 N–H and O–H groups in total. The summed E-state index contributed by atoms with van der Waals surface area (Å²) in [7, 11) is 0. The van der Waals surface area contributed by atoms with Gasteiger partial charge in [0.1, 0.15) is 5.82 Å². The second-order valence-corrected chi connectivity index (χ2v) is 4.01. The number of pyridine rings is 1. The number of carbonyl (C=O) groups excluding carboxylic acids is 1. The molecule has 0 aliphatic rings. The minimum absolute atomic E-state index is 0.0794. The molecule has 0 fully saturated rings. The lowest BCUT2D eigenvalue weighted by molar-refractivity contribution is 0.0722. The summed E-state index contributed by atoms with van der Waals surface area (Å²) in [4.78, 5) is 17.5. The van der Waals surface area contributed by atoms with Gasteiger partial charge in [-0.3, -0.25) is 4.79 Å². The van der Waals surface area contributed by atoms with Crippen LogP contribution < -0.4 is 5.73 Å². The van der Waals surface area contributed by atoms with Gasteiger partial charge in [-0.15, -0.1) is 0 Å². The third-order valence-corrected chi connectivity index (χ3v) is 2.56. The van der Waals surface area contributed by atoms with Crippen LogP contribution in [0.1, 0.15) is 23.7 Å². The molecule has 1 amide bonds. The van der Waals surface area contributed by atoms with Gasteiger partial charge in [-0.2, -0.15) is 0 Å². The zero-order valence-corrected chi connectivity index (χ0v) is 10.4. The Morgan fingerprint density at radius 3 is 2.88 bits per heavy atom. The van der Waals surface area contributed by atoms with E-state index in [1.54, 1.807) is 4.90 Å². The Hall–Kier alpha value is -1.33. The number of amides is 1. The van der Waals surface area contributed by atoms with Crippen molar-refractivity contribution in [1.82, 2.24) is 9.88 Å². The van der Waals surface area contributed by atoms with Crippen molar-refractivity contribution in [2.45, 2.75) is 13.3 Å². The number of halogens is 1. The van der Waals surface area contributed by atoms with E-state index in [0.29, 0.717) is 12.1 Å². The molecule has 0 aliphatic heterocycles. The minimum atomic E-state index is -0.236. The summed E-state index contributed by atoms with van der Waals surface area (Å²) in [5.74, 6) is 0.0122. The number of rotatable bonds is 5. The van der Waals surface area contributed by atoms with Crippen molar-refractivity contribution < 1.29 is 9.90 Å². The quantitative estimate of drug-likeness (QED) is 0.830. The van der Waals surface area contributed by atoms with E-state index in [0.717, 1.165) is 6.42 Å². The van der Waals surface area contributed by atoms with Gasteiger partial charge < -0.3 is 15.7 Å². The molecule has 1 rings (SSSR count). The van der Waals surface area contributed by atoms with Crippen molar-refractivity contribution in [2.75, 3.05) is 25.4 Å². The predicted octanol–water partition coefficient (Wildman–Crippen LogP) is 1.16. The maximum Gasteiger partial charge on any atom is 0.255 e. The monoisotopic (exact) mass is 257 g/mol. The van der Waals surface area contributed by atoms with E-state index in [-0.39, 0.29) is 29.9 Å². The zero-order valence-electron chi connectivity index (χ0n) is 9.69. The first kappa shape index (κ1) is 13.7. The Morgan fingerprint density at radius 2 is 2.29 bits per heavy atom. The molecule has 17 heavy (non-hydrogen) atoms. The van der Waals surface area contributed by atoms with Crippen LogP contribution >= 0.6 is 11.6 Å². The fraction of sp³-hybridized carbons (Fsp3) is 0.455. The maximum atomic E-state index is 12.1. The molecule has 0 saturated heterocycles. The molecule has 0 unspecified atom stereocenters. The number of carbonyl (C=O) groups is 1. The molecule has 0 spiro atoms. The average molecular weight is 258 g/mol. The molecule has 1 aromatic heterocycles. The number of aliphatic hydroxyl groups excluding tert-OH is 1. The highest BCUT2D eigenvalue weighted by Crippen LogP contribution is 2.18. The lowest BCUT2D eigenvalue weighted by Crippen LogP contribution is -2.34. The summed E-state index contributed by atoms with van der Waals surface area (Å²) in [6.07, 6.45) is 2.16. The number of hydrogen-bond donors (Lipinski definition) is 2. The number of nitrogens with zero attached hydrogens (tertiary/aromatic N) is 2. The standard InChI is InChI=1S/C11H16ClN3O2/c1-2-3-15(4-5-16)11(17)8-6-10(13)14-7-9(8)12/h6-7,16H,2-5H2,1H3,(H2,13,14). The van der Waals surface area contributed by atoms with E-state index in [4.69, 9.17) is 22.4 Å². The van der Waals surface area contributed by atoms with Crippen molar-refractivity contribution in [3.05, 3.63) is 22.8 Å². The molecule has 0 aliphatic carbocycles. The Labute approximate surface area is 105 Å². The maximum absolute atomic E-state index is 12.1. The summed E-state index contributed by atoms with van der Waals surface area (Å²) < 4.78 is 0. The van der Waals surface area contributed by atoms with E-state index in [9.17, 15) is 4.79 Å². The molecule has 1 aromatic rings. The topological polar surface area (TPSA) is 79.5 Å². The third-order valence-electron chi connectivity index (χ3n) is 2.26. The summed E-state index contributed by atoms with van der Waals surface area (Å²) in [5.41, 5.74) is 5.84. The highest BCUT2D eigenvalue weighted by atomic mass is 35.5. The molecule has 0 aromatic carbocycles. The molecule has 0 atom stereocenters. The lowest BCUT2D eigenvalue weighted by atomic mass is 10.2. The Balaban J connectivity index is 2.95. The summed E-state index contributed by atoms with van der Waals surface area (Å²) in [6, 6.07) is 1.45. The summed E-state index contributed by atoms with van der Waals surface area (Å²) >= 11 is 5.91. The first-order valence-electron chi connectivity index (χ1n) is 5.41. The van der Waals surface area contributed by atoms with Gasteiger partial charge >= 0.3 is 0 Å². The van der Waals surface area contributed by atoms with Crippen LogP contribution in [0.5, 0.6) is 0 Å².